The number of ether oxygens (including phenoxy) is 1. The molecule has 7 heteroatoms. The van der Waals surface area contributed by atoms with Gasteiger partial charge in [-0.2, -0.15) is 0 Å². The Labute approximate surface area is 110 Å². The number of alkyl halides is 2. The van der Waals surface area contributed by atoms with Crippen molar-refractivity contribution in [3.05, 3.63) is 0 Å². The van der Waals surface area contributed by atoms with Gasteiger partial charge in [-0.15, -0.1) is 0 Å². The molecular formula is C12H19F2NO4. The first-order valence-electron chi connectivity index (χ1n) is 6.10. The summed E-state index contributed by atoms with van der Waals surface area (Å²) >= 11 is 0. The third kappa shape index (κ3) is 5.00. The van der Waals surface area contributed by atoms with Gasteiger partial charge in [-0.3, -0.25) is 4.79 Å². The van der Waals surface area contributed by atoms with Crippen LogP contribution in [0.3, 0.4) is 0 Å². The zero-order chi connectivity index (χ0) is 14.8. The number of aliphatic carboxylic acids is 1. The molecule has 1 saturated carbocycles. The Hall–Kier alpha value is -1.40. The number of nitrogens with one attached hydrogen (secondary N) is 1. The topological polar surface area (TPSA) is 75.6 Å². The van der Waals surface area contributed by atoms with Crippen LogP contribution in [0.2, 0.25) is 0 Å². The van der Waals surface area contributed by atoms with Crippen LogP contribution < -0.4 is 5.32 Å². The molecule has 1 rings (SSSR count). The molecule has 110 valence electrons. The van der Waals surface area contributed by atoms with Gasteiger partial charge >= 0.3 is 12.1 Å². The van der Waals surface area contributed by atoms with Gasteiger partial charge in [0, 0.05) is 18.9 Å². The fourth-order valence-corrected chi connectivity index (χ4v) is 2.03. The Kier molecular flexibility index (Phi) is 4.37. The minimum atomic E-state index is -2.99. The molecule has 19 heavy (non-hydrogen) atoms. The van der Waals surface area contributed by atoms with Crippen LogP contribution in [0.15, 0.2) is 0 Å². The van der Waals surface area contributed by atoms with Crippen LogP contribution in [-0.2, 0) is 9.53 Å². The number of halogens is 2. The minimum Gasteiger partial charge on any atom is -0.481 e. The lowest BCUT2D eigenvalue weighted by Gasteiger charge is -2.34. The fourth-order valence-electron chi connectivity index (χ4n) is 2.03. The van der Waals surface area contributed by atoms with Gasteiger partial charge in [-0.05, 0) is 27.2 Å². The van der Waals surface area contributed by atoms with E-state index in [1.807, 2.05) is 0 Å². The van der Waals surface area contributed by atoms with Gasteiger partial charge in [0.25, 0.3) is 0 Å². The van der Waals surface area contributed by atoms with E-state index in [1.165, 1.54) is 0 Å². The number of carbonyl (C=O) groups excluding carboxylic acids is 1. The van der Waals surface area contributed by atoms with Gasteiger partial charge in [0.15, 0.2) is 0 Å². The van der Waals surface area contributed by atoms with Crippen molar-refractivity contribution in [2.24, 2.45) is 5.92 Å². The summed E-state index contributed by atoms with van der Waals surface area (Å²) < 4.78 is 31.4. The van der Waals surface area contributed by atoms with E-state index in [4.69, 9.17) is 9.84 Å². The van der Waals surface area contributed by atoms with Crippen molar-refractivity contribution < 1.29 is 28.2 Å². The first-order valence-corrected chi connectivity index (χ1v) is 6.10. The molecule has 1 aliphatic rings. The third-order valence-electron chi connectivity index (χ3n) is 2.84. The number of carbonyl (C=O) groups is 2. The summed E-state index contributed by atoms with van der Waals surface area (Å²) in [5, 5.41) is 11.3. The third-order valence-corrected chi connectivity index (χ3v) is 2.84. The SMILES string of the molecule is CC(C)(C)OC(=O)N[C@H]1CCC(F)(F)C[C@@H]1C(=O)O. The van der Waals surface area contributed by atoms with Gasteiger partial charge in [0.2, 0.25) is 5.92 Å². The molecule has 0 radical (unpaired) electrons. The van der Waals surface area contributed by atoms with E-state index in [0.29, 0.717) is 0 Å². The number of carboxylic acids is 1. The molecule has 0 aromatic carbocycles. The Morgan fingerprint density at radius 3 is 2.42 bits per heavy atom. The van der Waals surface area contributed by atoms with Gasteiger partial charge in [0.05, 0.1) is 5.92 Å². The average Bonchev–Trinajstić information content (AvgIpc) is 2.17. The van der Waals surface area contributed by atoms with Gasteiger partial charge in [-0.1, -0.05) is 0 Å². The first-order chi connectivity index (χ1) is 8.50. The van der Waals surface area contributed by atoms with Crippen LogP contribution in [0.4, 0.5) is 13.6 Å². The Morgan fingerprint density at radius 1 is 1.37 bits per heavy atom. The summed E-state index contributed by atoms with van der Waals surface area (Å²) in [5.74, 6) is -5.62. The highest BCUT2D eigenvalue weighted by atomic mass is 19.3. The van der Waals surface area contributed by atoms with E-state index >= 15 is 0 Å². The van der Waals surface area contributed by atoms with E-state index < -0.39 is 48.4 Å². The molecule has 0 aliphatic heterocycles. The zero-order valence-corrected chi connectivity index (χ0v) is 11.2. The monoisotopic (exact) mass is 279 g/mol. The average molecular weight is 279 g/mol. The lowest BCUT2D eigenvalue weighted by molar-refractivity contribution is -0.150. The molecule has 0 heterocycles. The molecule has 1 amide bonds. The summed E-state index contributed by atoms with van der Waals surface area (Å²) in [5.41, 5.74) is -0.721. The summed E-state index contributed by atoms with van der Waals surface area (Å²) in [7, 11) is 0. The largest absolute Gasteiger partial charge is 0.481 e. The van der Waals surface area contributed by atoms with E-state index in [1.54, 1.807) is 20.8 Å². The highest BCUT2D eigenvalue weighted by Crippen LogP contribution is 2.37. The zero-order valence-electron chi connectivity index (χ0n) is 11.2. The number of hydrogen-bond donors (Lipinski definition) is 2. The molecular weight excluding hydrogens is 260 g/mol. The van der Waals surface area contributed by atoms with Crippen molar-refractivity contribution in [2.75, 3.05) is 0 Å². The minimum absolute atomic E-state index is 0.0801. The highest BCUT2D eigenvalue weighted by Gasteiger charge is 2.45. The standard InChI is InChI=1S/C12H19F2NO4/c1-11(2,3)19-10(18)15-8-4-5-12(13,14)6-7(8)9(16)17/h7-8H,4-6H2,1-3H3,(H,15,18)(H,16,17)/t7-,8-/m0/s1. The molecule has 0 bridgehead atoms. The molecule has 0 spiro atoms. The maximum absolute atomic E-state index is 13.2. The molecule has 0 aromatic heterocycles. The van der Waals surface area contributed by atoms with Crippen LogP contribution in [0, 0.1) is 5.92 Å². The second-order valence-corrected chi connectivity index (χ2v) is 5.80. The fraction of sp³-hybridized carbons (Fsp3) is 0.833. The second-order valence-electron chi connectivity index (χ2n) is 5.80. The quantitative estimate of drug-likeness (QED) is 0.813. The predicted octanol–water partition coefficient (Wildman–Crippen LogP) is 2.40. The van der Waals surface area contributed by atoms with Gasteiger partial charge < -0.3 is 15.2 Å². The molecule has 1 fully saturated rings. The van der Waals surface area contributed by atoms with Crippen LogP contribution in [0.5, 0.6) is 0 Å². The molecule has 0 aromatic rings. The van der Waals surface area contributed by atoms with Crippen LogP contribution in [0.25, 0.3) is 0 Å². The Balaban J connectivity index is 2.66. The molecule has 2 atom stereocenters. The van der Waals surface area contributed by atoms with E-state index in [9.17, 15) is 18.4 Å². The smallest absolute Gasteiger partial charge is 0.407 e. The number of alkyl carbamates (subject to hydrolysis) is 1. The summed E-state index contributed by atoms with van der Waals surface area (Å²) in [6.07, 6.45) is -2.06. The first kappa shape index (κ1) is 15.7. The number of hydrogen-bond acceptors (Lipinski definition) is 3. The maximum Gasteiger partial charge on any atom is 0.407 e. The van der Waals surface area contributed by atoms with Crippen molar-refractivity contribution >= 4 is 12.1 Å². The van der Waals surface area contributed by atoms with Gasteiger partial charge in [-0.25, -0.2) is 13.6 Å². The number of amides is 1. The van der Waals surface area contributed by atoms with E-state index in [-0.39, 0.29) is 6.42 Å². The highest BCUT2D eigenvalue weighted by molar-refractivity contribution is 5.74. The van der Waals surface area contributed by atoms with Crippen molar-refractivity contribution in [1.82, 2.24) is 5.32 Å². The summed E-state index contributed by atoms with van der Waals surface area (Å²) in [4.78, 5) is 22.5. The van der Waals surface area contributed by atoms with Crippen LogP contribution in [-0.4, -0.2) is 34.7 Å². The van der Waals surface area contributed by atoms with E-state index in [2.05, 4.69) is 5.32 Å². The summed E-state index contributed by atoms with van der Waals surface area (Å²) in [6.45, 7) is 4.99. The van der Waals surface area contributed by atoms with Crippen molar-refractivity contribution in [3.8, 4) is 0 Å². The molecule has 1 aliphatic carbocycles. The predicted molar refractivity (Wildman–Crippen MR) is 63.1 cm³/mol. The summed E-state index contributed by atoms with van der Waals surface area (Å²) in [6, 6.07) is -0.827. The van der Waals surface area contributed by atoms with Crippen LogP contribution >= 0.6 is 0 Å². The maximum atomic E-state index is 13.2. The Bertz CT molecular complexity index is 365. The molecule has 0 saturated heterocycles. The van der Waals surface area contributed by atoms with Gasteiger partial charge in [0.1, 0.15) is 5.60 Å². The Morgan fingerprint density at radius 2 is 1.95 bits per heavy atom. The molecule has 2 N–H and O–H groups in total. The lowest BCUT2D eigenvalue weighted by Crippen LogP contribution is -2.50. The second kappa shape index (κ2) is 5.30. The van der Waals surface area contributed by atoms with E-state index in [0.717, 1.165) is 0 Å². The number of rotatable bonds is 2. The molecule has 5 nitrogen and oxygen atoms in total. The van der Waals surface area contributed by atoms with Crippen molar-refractivity contribution in [2.45, 2.75) is 57.6 Å². The number of carboxylic acid groups (broad SMARTS) is 1. The van der Waals surface area contributed by atoms with Crippen molar-refractivity contribution in [1.29, 1.82) is 0 Å². The normalized spacial score (nSPS) is 26.6. The molecule has 0 unspecified atom stereocenters. The van der Waals surface area contributed by atoms with Crippen molar-refractivity contribution in [3.63, 3.8) is 0 Å². The van der Waals surface area contributed by atoms with Crippen LogP contribution in [0.1, 0.15) is 40.0 Å². The lowest BCUT2D eigenvalue weighted by atomic mass is 9.82.